The molecule has 0 atom stereocenters. The van der Waals surface area contributed by atoms with E-state index >= 15 is 0 Å². The molecule has 1 fully saturated rings. The van der Waals surface area contributed by atoms with Crippen LogP contribution in [-0.4, -0.2) is 66.1 Å². The summed E-state index contributed by atoms with van der Waals surface area (Å²) in [6.45, 7) is 12.8. The molecule has 1 saturated heterocycles. The molecule has 0 N–H and O–H groups in total. The third-order valence-corrected chi connectivity index (χ3v) is 8.71. The molecule has 5 aromatic rings. The molecule has 0 unspecified atom stereocenters. The molecule has 54 heavy (non-hydrogen) atoms. The maximum absolute atomic E-state index is 14.3. The van der Waals surface area contributed by atoms with Gasteiger partial charge in [-0.3, -0.25) is 0 Å². The Bertz CT molecular complexity index is 2020. The normalized spacial score (nSPS) is 13.1. The molecule has 12 heteroatoms. The van der Waals surface area contributed by atoms with Crippen molar-refractivity contribution >= 4 is 29.3 Å². The van der Waals surface area contributed by atoms with Gasteiger partial charge in [-0.25, -0.2) is 14.5 Å². The second kappa shape index (κ2) is 16.9. The van der Waals surface area contributed by atoms with Crippen LogP contribution in [0.3, 0.4) is 0 Å². The monoisotopic (exact) mass is 733 g/mol. The SMILES string of the molecule is COC(=O)c1nnn(-c2cc(C(C)C)c(OCc3ccccc3)cc2OCc2ccccc2)c1N(C(=O)OC(C)(C)C)c1ccc(N2CCOCC2)cc1. The molecule has 0 saturated carbocycles. The van der Waals surface area contributed by atoms with Gasteiger partial charge in [-0.1, -0.05) is 79.7 Å². The van der Waals surface area contributed by atoms with Gasteiger partial charge in [0.1, 0.15) is 36.0 Å². The van der Waals surface area contributed by atoms with Crippen LogP contribution in [0.25, 0.3) is 5.69 Å². The fourth-order valence-electron chi connectivity index (χ4n) is 6.02. The summed E-state index contributed by atoms with van der Waals surface area (Å²) < 4.78 is 31.1. The van der Waals surface area contributed by atoms with Crippen molar-refractivity contribution in [1.29, 1.82) is 0 Å². The number of methoxy groups -OCH3 is 1. The highest BCUT2D eigenvalue weighted by Crippen LogP contribution is 2.40. The Morgan fingerprint density at radius 3 is 1.98 bits per heavy atom. The first-order chi connectivity index (χ1) is 26.0. The minimum atomic E-state index is -0.876. The Balaban J connectivity index is 1.52. The van der Waals surface area contributed by atoms with Gasteiger partial charge in [0.15, 0.2) is 5.82 Å². The standard InChI is InChI=1S/C42H47N5O7/c1-29(2)34-25-35(37(53-28-31-15-11-8-12-16-31)26-36(34)52-27-30-13-9-7-10-14-30)47-39(38(43-44-47)40(48)50-6)46(41(49)54-42(3,4)5)33-19-17-32(18-20-33)45-21-23-51-24-22-45/h7-20,25-26,29H,21-24,27-28H2,1-6H3. The first-order valence-corrected chi connectivity index (χ1v) is 18.0. The molecule has 0 radical (unpaired) electrons. The number of ether oxygens (including phenoxy) is 5. The molecule has 1 amide bonds. The number of esters is 1. The van der Waals surface area contributed by atoms with Crippen molar-refractivity contribution in [2.24, 2.45) is 0 Å². The van der Waals surface area contributed by atoms with Crippen molar-refractivity contribution < 1.29 is 33.3 Å². The highest BCUT2D eigenvalue weighted by atomic mass is 16.6. The van der Waals surface area contributed by atoms with Gasteiger partial charge in [-0.15, -0.1) is 5.10 Å². The van der Waals surface area contributed by atoms with E-state index in [4.69, 9.17) is 23.7 Å². The molecule has 4 aromatic carbocycles. The van der Waals surface area contributed by atoms with Crippen LogP contribution in [0.5, 0.6) is 11.5 Å². The molecular weight excluding hydrogens is 686 g/mol. The van der Waals surface area contributed by atoms with Crippen molar-refractivity contribution in [3.63, 3.8) is 0 Å². The van der Waals surface area contributed by atoms with E-state index in [2.05, 4.69) is 29.1 Å². The molecule has 0 aliphatic carbocycles. The number of carbonyl (C=O) groups excluding carboxylic acids is 2. The summed E-state index contributed by atoms with van der Waals surface area (Å²) >= 11 is 0. The van der Waals surface area contributed by atoms with Crippen LogP contribution in [0.4, 0.5) is 22.0 Å². The van der Waals surface area contributed by atoms with Gasteiger partial charge in [-0.2, -0.15) is 4.68 Å². The smallest absolute Gasteiger partial charge is 0.420 e. The molecule has 1 aliphatic rings. The summed E-state index contributed by atoms with van der Waals surface area (Å²) in [6.07, 6.45) is -0.742. The highest BCUT2D eigenvalue weighted by molar-refractivity contribution is 6.03. The van der Waals surface area contributed by atoms with Crippen LogP contribution < -0.4 is 19.3 Å². The largest absolute Gasteiger partial charge is 0.488 e. The van der Waals surface area contributed by atoms with Gasteiger partial charge in [0.05, 0.1) is 26.0 Å². The number of hydrogen-bond acceptors (Lipinski definition) is 10. The fraction of sp³-hybridized carbons (Fsp3) is 0.333. The topological polar surface area (TPSA) is 117 Å². The number of carbonyl (C=O) groups is 2. The van der Waals surface area contributed by atoms with Crippen molar-refractivity contribution in [2.45, 2.75) is 59.4 Å². The summed E-state index contributed by atoms with van der Waals surface area (Å²) in [7, 11) is 1.25. The predicted molar refractivity (Wildman–Crippen MR) is 206 cm³/mol. The Kier molecular flexibility index (Phi) is 11.8. The predicted octanol–water partition coefficient (Wildman–Crippen LogP) is 8.25. The van der Waals surface area contributed by atoms with Gasteiger partial charge in [0.2, 0.25) is 5.69 Å². The summed E-state index contributed by atoms with van der Waals surface area (Å²) in [5, 5.41) is 8.78. The second-order valence-corrected chi connectivity index (χ2v) is 14.2. The molecule has 6 rings (SSSR count). The quantitative estimate of drug-likeness (QED) is 0.116. The molecular formula is C42H47N5O7. The zero-order chi connectivity index (χ0) is 38.2. The van der Waals surface area contributed by atoms with Crippen LogP contribution >= 0.6 is 0 Å². The lowest BCUT2D eigenvalue weighted by atomic mass is 10.0. The lowest BCUT2D eigenvalue weighted by Crippen LogP contribution is -2.37. The molecule has 1 aliphatic heterocycles. The average molecular weight is 734 g/mol. The zero-order valence-electron chi connectivity index (χ0n) is 31.7. The molecule has 0 bridgehead atoms. The third kappa shape index (κ3) is 9.00. The Hall–Kier alpha value is -5.88. The third-order valence-electron chi connectivity index (χ3n) is 8.71. The average Bonchev–Trinajstić information content (AvgIpc) is 3.60. The van der Waals surface area contributed by atoms with Gasteiger partial charge in [0.25, 0.3) is 0 Å². The maximum atomic E-state index is 14.3. The van der Waals surface area contributed by atoms with E-state index in [1.807, 2.05) is 84.9 Å². The molecule has 0 spiro atoms. The first kappa shape index (κ1) is 37.9. The van der Waals surface area contributed by atoms with Crippen LogP contribution in [0.15, 0.2) is 97.1 Å². The van der Waals surface area contributed by atoms with E-state index in [1.165, 1.54) is 16.7 Å². The second-order valence-electron chi connectivity index (χ2n) is 14.2. The number of benzene rings is 4. The number of amides is 1. The van der Waals surface area contributed by atoms with Gasteiger partial charge in [0, 0.05) is 24.8 Å². The Morgan fingerprint density at radius 2 is 1.43 bits per heavy atom. The molecule has 282 valence electrons. The molecule has 1 aromatic heterocycles. The van der Waals surface area contributed by atoms with Crippen LogP contribution in [0.2, 0.25) is 0 Å². The number of aromatic nitrogens is 3. The van der Waals surface area contributed by atoms with Gasteiger partial charge in [-0.05, 0) is 73.7 Å². The molecule has 12 nitrogen and oxygen atoms in total. The van der Waals surface area contributed by atoms with Crippen molar-refractivity contribution in [2.75, 3.05) is 43.2 Å². The summed E-state index contributed by atoms with van der Waals surface area (Å²) in [5.41, 5.74) is 3.56. The van der Waals surface area contributed by atoms with Crippen molar-refractivity contribution in [1.82, 2.24) is 15.0 Å². The maximum Gasteiger partial charge on any atom is 0.420 e. The van der Waals surface area contributed by atoms with Crippen LogP contribution in [0.1, 0.15) is 67.7 Å². The highest BCUT2D eigenvalue weighted by Gasteiger charge is 2.35. The van der Waals surface area contributed by atoms with Crippen molar-refractivity contribution in [3.8, 4) is 17.2 Å². The van der Waals surface area contributed by atoms with Gasteiger partial charge >= 0.3 is 12.1 Å². The number of rotatable bonds is 12. The fourth-order valence-corrected chi connectivity index (χ4v) is 6.02. The van der Waals surface area contributed by atoms with E-state index in [1.54, 1.807) is 32.9 Å². The van der Waals surface area contributed by atoms with E-state index in [9.17, 15) is 9.59 Å². The number of anilines is 3. The van der Waals surface area contributed by atoms with E-state index in [0.29, 0.717) is 42.7 Å². The van der Waals surface area contributed by atoms with Crippen LogP contribution in [-0.2, 0) is 27.4 Å². The lowest BCUT2D eigenvalue weighted by Gasteiger charge is -2.30. The van der Waals surface area contributed by atoms with E-state index in [0.717, 1.165) is 35.5 Å². The Morgan fingerprint density at radius 1 is 0.833 bits per heavy atom. The zero-order valence-corrected chi connectivity index (χ0v) is 31.7. The first-order valence-electron chi connectivity index (χ1n) is 18.0. The van der Waals surface area contributed by atoms with Crippen molar-refractivity contribution in [3.05, 3.63) is 119 Å². The molecule has 2 heterocycles. The van der Waals surface area contributed by atoms with Crippen LogP contribution in [0, 0.1) is 0 Å². The van der Waals surface area contributed by atoms with E-state index < -0.39 is 17.7 Å². The summed E-state index contributed by atoms with van der Waals surface area (Å²) in [6, 6.07) is 30.9. The summed E-state index contributed by atoms with van der Waals surface area (Å²) in [5.74, 6) is 0.249. The Labute approximate surface area is 316 Å². The number of morpholine rings is 1. The van der Waals surface area contributed by atoms with E-state index in [-0.39, 0.29) is 24.0 Å². The summed E-state index contributed by atoms with van der Waals surface area (Å²) in [4.78, 5) is 31.3. The lowest BCUT2D eigenvalue weighted by molar-refractivity contribution is 0.0591. The minimum Gasteiger partial charge on any atom is -0.488 e. The minimum absolute atomic E-state index is 0.000522. The number of hydrogen-bond donors (Lipinski definition) is 0. The van der Waals surface area contributed by atoms with Gasteiger partial charge < -0.3 is 28.6 Å². The number of nitrogens with zero attached hydrogens (tertiary/aromatic N) is 5.